The summed E-state index contributed by atoms with van der Waals surface area (Å²) in [5.74, 6) is -0.0463. The molecule has 1 aliphatic heterocycles. The largest absolute Gasteiger partial charge is 0.466 e. The van der Waals surface area contributed by atoms with Gasteiger partial charge >= 0.3 is 5.97 Å². The van der Waals surface area contributed by atoms with E-state index < -0.39 is 0 Å². The molecule has 0 amide bonds. The van der Waals surface area contributed by atoms with Gasteiger partial charge in [0.15, 0.2) is 0 Å². The molecule has 0 aromatic carbocycles. The van der Waals surface area contributed by atoms with Gasteiger partial charge in [0.1, 0.15) is 0 Å². The molecule has 0 bridgehead atoms. The normalized spacial score (nSPS) is 15.6. The van der Waals surface area contributed by atoms with E-state index in [1.54, 1.807) is 0 Å². The van der Waals surface area contributed by atoms with Crippen LogP contribution < -0.4 is 0 Å². The van der Waals surface area contributed by atoms with Crippen LogP contribution in [-0.2, 0) is 9.53 Å². The molecule has 1 saturated heterocycles. The van der Waals surface area contributed by atoms with Crippen LogP contribution in [0.2, 0.25) is 0 Å². The molecule has 1 N–H and O–H groups in total. The van der Waals surface area contributed by atoms with Crippen LogP contribution in [-0.4, -0.2) is 24.3 Å². The highest BCUT2D eigenvalue weighted by Crippen LogP contribution is 2.01. The van der Waals surface area contributed by atoms with E-state index in [0.29, 0.717) is 19.6 Å². The Balaban J connectivity index is 0.000000180. The molecule has 0 unspecified atom stereocenters. The summed E-state index contributed by atoms with van der Waals surface area (Å²) in [6.45, 7) is 2.89. The number of carbonyl (C=O) groups is 1. The van der Waals surface area contributed by atoms with E-state index in [4.69, 9.17) is 5.11 Å². The molecule has 0 spiro atoms. The molecule has 1 heterocycles. The van der Waals surface area contributed by atoms with E-state index in [-0.39, 0.29) is 5.97 Å². The van der Waals surface area contributed by atoms with Gasteiger partial charge in [-0.2, -0.15) is 0 Å². The second kappa shape index (κ2) is 6.55. The summed E-state index contributed by atoms with van der Waals surface area (Å²) in [6.07, 6.45) is 2.42. The quantitative estimate of drug-likeness (QED) is 0.554. The number of rotatable bonds is 1. The number of hydrogen-bond acceptors (Lipinski definition) is 3. The van der Waals surface area contributed by atoms with Crippen LogP contribution in [0.4, 0.5) is 0 Å². The lowest BCUT2D eigenvalue weighted by atomic mass is 10.4. The number of esters is 1. The zero-order valence-corrected chi connectivity index (χ0v) is 6.30. The van der Waals surface area contributed by atoms with Crippen LogP contribution in [0.3, 0.4) is 0 Å². The van der Waals surface area contributed by atoms with E-state index in [0.717, 1.165) is 12.8 Å². The molecule has 1 fully saturated rings. The van der Waals surface area contributed by atoms with E-state index in [2.05, 4.69) is 4.74 Å². The summed E-state index contributed by atoms with van der Waals surface area (Å²) in [7, 11) is 0. The average molecular weight is 146 g/mol. The van der Waals surface area contributed by atoms with Gasteiger partial charge in [-0.3, -0.25) is 4.79 Å². The maximum absolute atomic E-state index is 10.0. The number of hydrogen-bond donors (Lipinski definition) is 1. The number of aliphatic hydroxyl groups is 1. The Labute approximate surface area is 61.0 Å². The molecule has 0 aromatic rings. The van der Waals surface area contributed by atoms with Gasteiger partial charge in [-0.1, -0.05) is 6.92 Å². The van der Waals surface area contributed by atoms with Gasteiger partial charge in [0.05, 0.1) is 6.61 Å². The first-order valence-electron chi connectivity index (χ1n) is 3.57. The monoisotopic (exact) mass is 146 g/mol. The predicted octanol–water partition coefficient (Wildman–Crippen LogP) is 0.712. The second-order valence-corrected chi connectivity index (χ2v) is 2.05. The molecule has 0 radical (unpaired) electrons. The van der Waals surface area contributed by atoms with Crippen molar-refractivity contribution in [3.8, 4) is 0 Å². The first kappa shape index (κ1) is 9.43. The summed E-state index contributed by atoms with van der Waals surface area (Å²) in [6, 6.07) is 0. The SMILES string of the molecule is CCCO.O=C1CCCO1. The Morgan fingerprint density at radius 2 is 2.30 bits per heavy atom. The Morgan fingerprint density at radius 1 is 1.70 bits per heavy atom. The molecular weight excluding hydrogens is 132 g/mol. The fourth-order valence-corrected chi connectivity index (χ4v) is 0.475. The predicted molar refractivity (Wildman–Crippen MR) is 37.6 cm³/mol. The fourth-order valence-electron chi connectivity index (χ4n) is 0.475. The van der Waals surface area contributed by atoms with Crippen LogP contribution >= 0.6 is 0 Å². The van der Waals surface area contributed by atoms with Gasteiger partial charge in [-0.05, 0) is 12.8 Å². The summed E-state index contributed by atoms with van der Waals surface area (Å²) in [5, 5.41) is 7.88. The highest BCUT2D eigenvalue weighted by Gasteiger charge is 2.08. The zero-order chi connectivity index (χ0) is 7.82. The minimum atomic E-state index is -0.0463. The van der Waals surface area contributed by atoms with Crippen molar-refractivity contribution in [3.05, 3.63) is 0 Å². The number of carbonyl (C=O) groups excluding carboxylic acids is 1. The van der Waals surface area contributed by atoms with E-state index in [9.17, 15) is 4.79 Å². The second-order valence-electron chi connectivity index (χ2n) is 2.05. The number of cyclic esters (lactones) is 1. The van der Waals surface area contributed by atoms with Gasteiger partial charge < -0.3 is 9.84 Å². The van der Waals surface area contributed by atoms with Gasteiger partial charge in [-0.25, -0.2) is 0 Å². The van der Waals surface area contributed by atoms with Crippen LogP contribution in [0.1, 0.15) is 26.2 Å². The lowest BCUT2D eigenvalue weighted by Crippen LogP contribution is -1.88. The smallest absolute Gasteiger partial charge is 0.305 e. The molecule has 10 heavy (non-hydrogen) atoms. The van der Waals surface area contributed by atoms with E-state index in [1.807, 2.05) is 6.92 Å². The summed E-state index contributed by atoms with van der Waals surface area (Å²) < 4.78 is 4.51. The third-order valence-electron chi connectivity index (χ3n) is 1.01. The molecule has 3 heteroatoms. The highest BCUT2D eigenvalue weighted by atomic mass is 16.5. The molecule has 1 aliphatic rings. The van der Waals surface area contributed by atoms with E-state index >= 15 is 0 Å². The van der Waals surface area contributed by atoms with Gasteiger partial charge in [0.2, 0.25) is 0 Å². The Bertz CT molecular complexity index is 80.9. The van der Waals surface area contributed by atoms with Gasteiger partial charge in [-0.15, -0.1) is 0 Å². The first-order valence-corrected chi connectivity index (χ1v) is 3.57. The van der Waals surface area contributed by atoms with Crippen LogP contribution in [0.15, 0.2) is 0 Å². The Morgan fingerprint density at radius 3 is 2.40 bits per heavy atom. The molecule has 3 nitrogen and oxygen atoms in total. The third-order valence-corrected chi connectivity index (χ3v) is 1.01. The standard InChI is InChI=1S/C4H6O2.C3H8O/c5-4-2-1-3-6-4;1-2-3-4/h1-3H2;4H,2-3H2,1H3. The molecular formula is C7H14O3. The van der Waals surface area contributed by atoms with Crippen molar-refractivity contribution in [2.45, 2.75) is 26.2 Å². The average Bonchev–Trinajstić information content (AvgIpc) is 2.40. The minimum absolute atomic E-state index is 0.0463. The topological polar surface area (TPSA) is 46.5 Å². The zero-order valence-electron chi connectivity index (χ0n) is 6.30. The van der Waals surface area contributed by atoms with Crippen LogP contribution in [0.5, 0.6) is 0 Å². The molecule has 0 atom stereocenters. The lowest BCUT2D eigenvalue weighted by molar-refractivity contribution is -0.137. The summed E-state index contributed by atoms with van der Waals surface area (Å²) in [5.41, 5.74) is 0. The number of ether oxygens (including phenoxy) is 1. The van der Waals surface area contributed by atoms with Crippen molar-refractivity contribution in [1.29, 1.82) is 0 Å². The van der Waals surface area contributed by atoms with Crippen molar-refractivity contribution in [1.82, 2.24) is 0 Å². The Kier molecular flexibility index (Phi) is 6.18. The summed E-state index contributed by atoms with van der Waals surface area (Å²) in [4.78, 5) is 10.0. The third kappa shape index (κ3) is 5.56. The van der Waals surface area contributed by atoms with Gasteiger partial charge in [0.25, 0.3) is 0 Å². The molecule has 0 saturated carbocycles. The fraction of sp³-hybridized carbons (Fsp3) is 0.857. The molecule has 0 aliphatic carbocycles. The maximum atomic E-state index is 10.0. The molecule has 1 rings (SSSR count). The van der Waals surface area contributed by atoms with Crippen molar-refractivity contribution in [3.63, 3.8) is 0 Å². The van der Waals surface area contributed by atoms with Crippen molar-refractivity contribution >= 4 is 5.97 Å². The van der Waals surface area contributed by atoms with Crippen molar-refractivity contribution in [2.75, 3.05) is 13.2 Å². The maximum Gasteiger partial charge on any atom is 0.305 e. The molecule has 0 aromatic heterocycles. The highest BCUT2D eigenvalue weighted by molar-refractivity contribution is 5.70. The van der Waals surface area contributed by atoms with E-state index in [1.165, 1.54) is 0 Å². The minimum Gasteiger partial charge on any atom is -0.466 e. The number of aliphatic hydroxyl groups excluding tert-OH is 1. The first-order chi connectivity index (χ1) is 4.81. The van der Waals surface area contributed by atoms with Crippen molar-refractivity contribution in [2.24, 2.45) is 0 Å². The van der Waals surface area contributed by atoms with Crippen LogP contribution in [0, 0.1) is 0 Å². The molecule has 60 valence electrons. The van der Waals surface area contributed by atoms with Crippen LogP contribution in [0.25, 0.3) is 0 Å². The lowest BCUT2D eigenvalue weighted by Gasteiger charge is -1.81. The van der Waals surface area contributed by atoms with Gasteiger partial charge in [0, 0.05) is 13.0 Å². The Hall–Kier alpha value is -0.570. The summed E-state index contributed by atoms with van der Waals surface area (Å²) >= 11 is 0. The van der Waals surface area contributed by atoms with Crippen molar-refractivity contribution < 1.29 is 14.6 Å².